The molecule has 1 unspecified atom stereocenters. The van der Waals surface area contributed by atoms with Crippen LogP contribution in [0, 0.1) is 17.3 Å². The molecule has 1 fully saturated rings. The topological polar surface area (TPSA) is 97.0 Å². The van der Waals surface area contributed by atoms with Crippen molar-refractivity contribution in [2.75, 3.05) is 19.6 Å². The van der Waals surface area contributed by atoms with Crippen LogP contribution in [0.3, 0.4) is 0 Å². The number of aliphatic imine (C=N–C) groups is 1. The van der Waals surface area contributed by atoms with Gasteiger partial charge in [-0.25, -0.2) is 9.40 Å². The number of hydrazone groups is 1. The molecule has 9 heteroatoms. The molecule has 2 aromatic rings. The van der Waals surface area contributed by atoms with Gasteiger partial charge in [-0.3, -0.25) is 20.1 Å². The van der Waals surface area contributed by atoms with Crippen molar-refractivity contribution >= 4 is 17.6 Å². The van der Waals surface area contributed by atoms with Crippen LogP contribution in [0.2, 0.25) is 0 Å². The fraction of sp³-hybridized carbons (Fsp3) is 0.318. The average Bonchev–Trinajstić information content (AvgIpc) is 3.40. The largest absolute Gasteiger partial charge is 0.332 e. The van der Waals surface area contributed by atoms with Crippen LogP contribution in [0.5, 0.6) is 0 Å². The van der Waals surface area contributed by atoms with Crippen molar-refractivity contribution in [1.29, 1.82) is 5.26 Å². The first-order chi connectivity index (χ1) is 15.2. The molecule has 2 aliphatic heterocycles. The normalized spacial score (nSPS) is 18.8. The van der Waals surface area contributed by atoms with Crippen molar-refractivity contribution in [3.8, 4) is 6.19 Å². The van der Waals surface area contributed by atoms with Gasteiger partial charge in [0.1, 0.15) is 5.82 Å². The molecule has 1 N–H and O–H groups in total. The summed E-state index contributed by atoms with van der Waals surface area (Å²) in [6.45, 7) is 1.44. The van der Waals surface area contributed by atoms with Crippen molar-refractivity contribution < 1.29 is 9.18 Å². The number of nitrogens with one attached hydrogen (secondary N) is 1. The van der Waals surface area contributed by atoms with E-state index in [2.05, 4.69) is 20.4 Å². The molecule has 0 radical (unpaired) electrons. The Kier molecular flexibility index (Phi) is 6.17. The number of nitriles is 1. The summed E-state index contributed by atoms with van der Waals surface area (Å²) in [5, 5.41) is 18.1. The zero-order chi connectivity index (χ0) is 21.6. The fourth-order valence-corrected chi connectivity index (χ4v) is 3.80. The molecule has 8 nitrogen and oxygen atoms in total. The number of carbonyl (C=O) groups excluding carboxylic acids is 1. The maximum absolute atomic E-state index is 13.4. The van der Waals surface area contributed by atoms with E-state index in [1.165, 1.54) is 12.1 Å². The van der Waals surface area contributed by atoms with Gasteiger partial charge in [-0.05, 0) is 30.7 Å². The molecule has 1 aromatic carbocycles. The maximum atomic E-state index is 13.4. The lowest BCUT2D eigenvalue weighted by Gasteiger charge is -2.25. The van der Waals surface area contributed by atoms with E-state index in [1.54, 1.807) is 28.2 Å². The minimum atomic E-state index is -0.337. The minimum absolute atomic E-state index is 0.0727. The van der Waals surface area contributed by atoms with Gasteiger partial charge < -0.3 is 4.90 Å². The number of nitrogens with zero attached hydrogens (tertiary/aromatic N) is 6. The highest BCUT2D eigenvalue weighted by molar-refractivity contribution is 6.08. The Morgan fingerprint density at radius 1 is 1.29 bits per heavy atom. The fourth-order valence-electron chi connectivity index (χ4n) is 3.80. The minimum Gasteiger partial charge on any atom is -0.332 e. The summed E-state index contributed by atoms with van der Waals surface area (Å²) in [4.78, 5) is 23.0. The second kappa shape index (κ2) is 9.34. The molecule has 0 saturated carbocycles. The van der Waals surface area contributed by atoms with E-state index in [-0.39, 0.29) is 17.8 Å². The van der Waals surface area contributed by atoms with Crippen molar-refractivity contribution in [2.45, 2.75) is 25.3 Å². The van der Waals surface area contributed by atoms with Crippen LogP contribution in [0.1, 0.15) is 24.1 Å². The van der Waals surface area contributed by atoms with Crippen LogP contribution >= 0.6 is 0 Å². The van der Waals surface area contributed by atoms with Gasteiger partial charge in [0.25, 0.3) is 0 Å². The van der Waals surface area contributed by atoms with E-state index >= 15 is 0 Å². The molecule has 3 heterocycles. The number of guanidine groups is 1. The highest BCUT2D eigenvalue weighted by Gasteiger charge is 2.38. The highest BCUT2D eigenvalue weighted by atomic mass is 19.1. The van der Waals surface area contributed by atoms with E-state index in [9.17, 15) is 14.4 Å². The Bertz CT molecular complexity index is 1030. The summed E-state index contributed by atoms with van der Waals surface area (Å²) in [5.41, 5.74) is 2.30. The van der Waals surface area contributed by atoms with Gasteiger partial charge in [0.05, 0.1) is 18.3 Å². The summed E-state index contributed by atoms with van der Waals surface area (Å²) < 4.78 is 13.4. The summed E-state index contributed by atoms with van der Waals surface area (Å²) in [6, 6.07) is 11.5. The molecule has 0 aliphatic carbocycles. The Labute approximate surface area is 179 Å². The van der Waals surface area contributed by atoms with Crippen molar-refractivity contribution in [2.24, 2.45) is 10.1 Å². The van der Waals surface area contributed by atoms with Crippen molar-refractivity contribution in [3.63, 3.8) is 0 Å². The van der Waals surface area contributed by atoms with Gasteiger partial charge in [-0.1, -0.05) is 18.2 Å². The molecule has 0 bridgehead atoms. The molecule has 31 heavy (non-hydrogen) atoms. The number of pyridine rings is 1. The number of likely N-dealkylation sites (tertiary alicyclic amines) is 1. The lowest BCUT2D eigenvalue weighted by Crippen LogP contribution is -2.45. The molecule has 1 saturated heterocycles. The monoisotopic (exact) mass is 419 g/mol. The molecular formula is C22H22FN7O. The number of amides is 1. The molecule has 2 aliphatic rings. The molecule has 1 atom stereocenters. The lowest BCUT2D eigenvalue weighted by molar-refractivity contribution is -0.128. The van der Waals surface area contributed by atoms with Crippen LogP contribution < -0.4 is 5.32 Å². The first-order valence-electron chi connectivity index (χ1n) is 10.2. The summed E-state index contributed by atoms with van der Waals surface area (Å²) >= 11 is 0. The zero-order valence-electron chi connectivity index (χ0n) is 16.9. The van der Waals surface area contributed by atoms with E-state index in [0.717, 1.165) is 17.7 Å². The SMILES string of the molecule is N#CNC(=NCCc1ccccn1)N1CC(N2CCCC2=O)C(c2ccc(F)cc2)=N1. The smallest absolute Gasteiger partial charge is 0.228 e. The van der Waals surface area contributed by atoms with Crippen molar-refractivity contribution in [3.05, 3.63) is 65.7 Å². The third-order valence-electron chi connectivity index (χ3n) is 5.28. The third-order valence-corrected chi connectivity index (χ3v) is 5.28. The van der Waals surface area contributed by atoms with Gasteiger partial charge >= 0.3 is 0 Å². The van der Waals surface area contributed by atoms with E-state index < -0.39 is 0 Å². The maximum Gasteiger partial charge on any atom is 0.228 e. The Morgan fingerprint density at radius 3 is 2.81 bits per heavy atom. The molecule has 1 aromatic heterocycles. The Hall–Kier alpha value is -3.80. The highest BCUT2D eigenvalue weighted by Crippen LogP contribution is 2.24. The molecular weight excluding hydrogens is 397 g/mol. The third kappa shape index (κ3) is 4.69. The zero-order valence-corrected chi connectivity index (χ0v) is 16.9. The standard InChI is InChI=1S/C22H22FN7O/c23-17-8-6-16(7-9-17)21-19(29-13-3-5-20(29)31)14-30(28-21)22(27-15-24)26-12-10-18-4-1-2-11-25-18/h1-2,4,6-9,11,19H,3,5,10,12-14H2,(H,26,27). The number of hydrogen-bond donors (Lipinski definition) is 1. The molecule has 1 amide bonds. The Balaban J connectivity index is 1.59. The first-order valence-corrected chi connectivity index (χ1v) is 10.2. The number of aromatic nitrogens is 1. The summed E-state index contributed by atoms with van der Waals surface area (Å²) in [6.07, 6.45) is 5.56. The summed E-state index contributed by atoms with van der Waals surface area (Å²) in [7, 11) is 0. The first kappa shape index (κ1) is 20.5. The van der Waals surface area contributed by atoms with E-state index in [0.29, 0.717) is 44.1 Å². The van der Waals surface area contributed by atoms with E-state index in [1.807, 2.05) is 24.4 Å². The molecule has 0 spiro atoms. The van der Waals surface area contributed by atoms with Crippen LogP contribution in [0.25, 0.3) is 0 Å². The second-order valence-corrected chi connectivity index (χ2v) is 7.29. The van der Waals surface area contributed by atoms with Gasteiger partial charge in [0.2, 0.25) is 11.9 Å². The quantitative estimate of drug-likeness (QED) is 0.346. The van der Waals surface area contributed by atoms with Crippen molar-refractivity contribution in [1.82, 2.24) is 20.2 Å². The molecule has 158 valence electrons. The number of rotatable bonds is 5. The van der Waals surface area contributed by atoms with Gasteiger partial charge in [0, 0.05) is 43.4 Å². The van der Waals surface area contributed by atoms with Crippen LogP contribution in [0.15, 0.2) is 58.8 Å². The Morgan fingerprint density at radius 2 is 2.13 bits per heavy atom. The van der Waals surface area contributed by atoms with E-state index in [4.69, 9.17) is 0 Å². The van der Waals surface area contributed by atoms with Crippen LogP contribution in [0.4, 0.5) is 4.39 Å². The second-order valence-electron chi connectivity index (χ2n) is 7.29. The number of carbonyl (C=O) groups is 1. The van der Waals surface area contributed by atoms with Gasteiger partial charge in [-0.15, -0.1) is 0 Å². The average molecular weight is 419 g/mol. The van der Waals surface area contributed by atoms with Gasteiger partial charge in [-0.2, -0.15) is 10.4 Å². The number of hydrogen-bond acceptors (Lipinski definition) is 5. The molecule has 4 rings (SSSR count). The van der Waals surface area contributed by atoms with Gasteiger partial charge in [0.15, 0.2) is 6.19 Å². The van der Waals surface area contributed by atoms with Crippen LogP contribution in [-0.4, -0.2) is 58.1 Å². The lowest BCUT2D eigenvalue weighted by atomic mass is 10.0. The predicted octanol–water partition coefficient (Wildman–Crippen LogP) is 1.90. The number of benzene rings is 1. The predicted molar refractivity (Wildman–Crippen MR) is 113 cm³/mol. The summed E-state index contributed by atoms with van der Waals surface area (Å²) in [5.74, 6) is 0.0478. The van der Waals surface area contributed by atoms with Crippen LogP contribution in [-0.2, 0) is 11.2 Å². The number of halogens is 1.